The fourth-order valence-electron chi connectivity index (χ4n) is 1.92. The number of ether oxygens (including phenoxy) is 2. The summed E-state index contributed by atoms with van der Waals surface area (Å²) >= 11 is 4.87. The number of nitrogens with two attached hydrogens (primary N) is 1. The number of rotatable bonds is 5. The monoisotopic (exact) mass is 280 g/mol. The summed E-state index contributed by atoms with van der Waals surface area (Å²) in [5, 5.41) is 0. The summed E-state index contributed by atoms with van der Waals surface area (Å²) in [5.41, 5.74) is 6.07. The average molecular weight is 280 g/mol. The molecule has 0 fully saturated rings. The fraction of sp³-hybridized carbons (Fsp3) is 0.385. The predicted molar refractivity (Wildman–Crippen MR) is 75.5 cm³/mol. The average Bonchev–Trinajstić information content (AvgIpc) is 2.84. The molecule has 1 aromatic carbocycles. The summed E-state index contributed by atoms with van der Waals surface area (Å²) < 4.78 is 10.5. The van der Waals surface area contributed by atoms with E-state index in [0.717, 1.165) is 6.42 Å². The van der Waals surface area contributed by atoms with Crippen molar-refractivity contribution in [1.82, 2.24) is 4.90 Å². The number of benzene rings is 1. The largest absolute Gasteiger partial charge is 0.454 e. The van der Waals surface area contributed by atoms with Crippen molar-refractivity contribution in [2.24, 2.45) is 5.73 Å². The lowest BCUT2D eigenvalue weighted by Crippen LogP contribution is -2.38. The highest BCUT2D eigenvalue weighted by Gasteiger charge is 2.20. The molecular weight excluding hydrogens is 264 g/mol. The molecule has 0 bridgehead atoms. The van der Waals surface area contributed by atoms with Gasteiger partial charge >= 0.3 is 0 Å². The Morgan fingerprint density at radius 3 is 2.84 bits per heavy atom. The molecule has 102 valence electrons. The Morgan fingerprint density at radius 2 is 2.16 bits per heavy atom. The summed E-state index contributed by atoms with van der Waals surface area (Å²) in [6.45, 7) is 3.10. The molecule has 0 aromatic heterocycles. The lowest BCUT2D eigenvalue weighted by Gasteiger charge is -2.21. The number of thiocarbonyl (C=S) groups is 1. The first-order valence-corrected chi connectivity index (χ1v) is 6.50. The van der Waals surface area contributed by atoms with Gasteiger partial charge in [-0.25, -0.2) is 0 Å². The molecule has 1 amide bonds. The van der Waals surface area contributed by atoms with Gasteiger partial charge in [-0.1, -0.05) is 19.1 Å². The van der Waals surface area contributed by atoms with E-state index in [1.807, 2.05) is 6.92 Å². The number of carbonyl (C=O) groups is 1. The van der Waals surface area contributed by atoms with E-state index in [9.17, 15) is 4.79 Å². The van der Waals surface area contributed by atoms with E-state index in [4.69, 9.17) is 27.4 Å². The number of carbonyl (C=O) groups excluding carboxylic acids is 1. The molecule has 19 heavy (non-hydrogen) atoms. The van der Waals surface area contributed by atoms with Gasteiger partial charge in [0, 0.05) is 12.1 Å². The van der Waals surface area contributed by atoms with Crippen LogP contribution in [-0.2, 0) is 0 Å². The third-order valence-electron chi connectivity index (χ3n) is 2.75. The van der Waals surface area contributed by atoms with Crippen LogP contribution in [0.2, 0.25) is 0 Å². The van der Waals surface area contributed by atoms with Crippen LogP contribution in [0.15, 0.2) is 18.2 Å². The third-order valence-corrected chi connectivity index (χ3v) is 2.88. The number of hydrogen-bond acceptors (Lipinski definition) is 4. The smallest absolute Gasteiger partial charge is 0.254 e. The number of nitrogens with zero attached hydrogens (tertiary/aromatic N) is 1. The molecule has 1 aliphatic heterocycles. The van der Waals surface area contributed by atoms with Gasteiger partial charge in [0.05, 0.1) is 11.5 Å². The van der Waals surface area contributed by atoms with Crippen molar-refractivity contribution in [1.29, 1.82) is 0 Å². The molecule has 0 atom stereocenters. The van der Waals surface area contributed by atoms with E-state index in [0.29, 0.717) is 28.6 Å². The molecule has 6 heteroatoms. The summed E-state index contributed by atoms with van der Waals surface area (Å²) in [6, 6.07) is 5.14. The molecule has 1 aliphatic rings. The first-order chi connectivity index (χ1) is 9.11. The van der Waals surface area contributed by atoms with Crippen LogP contribution in [0.25, 0.3) is 0 Å². The second-order valence-corrected chi connectivity index (χ2v) is 4.79. The Morgan fingerprint density at radius 1 is 1.42 bits per heavy atom. The zero-order valence-electron chi connectivity index (χ0n) is 10.7. The van der Waals surface area contributed by atoms with Crippen molar-refractivity contribution in [3.63, 3.8) is 0 Å². The van der Waals surface area contributed by atoms with Crippen molar-refractivity contribution >= 4 is 23.1 Å². The predicted octanol–water partition coefficient (Wildman–Crippen LogP) is 1.55. The molecule has 2 N–H and O–H groups in total. The summed E-state index contributed by atoms with van der Waals surface area (Å²) in [4.78, 5) is 14.3. The van der Waals surface area contributed by atoms with Crippen molar-refractivity contribution in [2.75, 3.05) is 19.9 Å². The zero-order valence-corrected chi connectivity index (χ0v) is 11.5. The van der Waals surface area contributed by atoms with Gasteiger partial charge in [0.15, 0.2) is 11.5 Å². The summed E-state index contributed by atoms with van der Waals surface area (Å²) in [6.07, 6.45) is 0.846. The topological polar surface area (TPSA) is 64.8 Å². The van der Waals surface area contributed by atoms with E-state index >= 15 is 0 Å². The molecule has 0 spiro atoms. The molecule has 0 aliphatic carbocycles. The van der Waals surface area contributed by atoms with Crippen LogP contribution in [0, 0.1) is 0 Å². The molecule has 0 radical (unpaired) electrons. The van der Waals surface area contributed by atoms with E-state index in [1.54, 1.807) is 23.1 Å². The van der Waals surface area contributed by atoms with Crippen LogP contribution in [0.4, 0.5) is 0 Å². The normalized spacial score (nSPS) is 12.3. The quantitative estimate of drug-likeness (QED) is 0.829. The van der Waals surface area contributed by atoms with E-state index in [1.165, 1.54) is 0 Å². The van der Waals surface area contributed by atoms with Crippen LogP contribution in [0.1, 0.15) is 23.7 Å². The van der Waals surface area contributed by atoms with Gasteiger partial charge in [-0.05, 0) is 24.6 Å². The molecule has 1 heterocycles. The molecule has 0 saturated heterocycles. The third kappa shape index (κ3) is 3.14. The molecule has 0 unspecified atom stereocenters. The maximum atomic E-state index is 12.4. The van der Waals surface area contributed by atoms with Crippen molar-refractivity contribution in [3.8, 4) is 11.5 Å². The van der Waals surface area contributed by atoms with Crippen LogP contribution in [0.3, 0.4) is 0 Å². The van der Waals surface area contributed by atoms with Crippen molar-refractivity contribution in [2.45, 2.75) is 13.3 Å². The van der Waals surface area contributed by atoms with Gasteiger partial charge in [0.1, 0.15) is 0 Å². The van der Waals surface area contributed by atoms with Crippen molar-refractivity contribution in [3.05, 3.63) is 23.8 Å². The van der Waals surface area contributed by atoms with Crippen LogP contribution in [-0.4, -0.2) is 35.7 Å². The van der Waals surface area contributed by atoms with Gasteiger partial charge in [0.2, 0.25) is 6.79 Å². The Hall–Kier alpha value is -1.82. The van der Waals surface area contributed by atoms with E-state index in [2.05, 4.69) is 0 Å². The first kappa shape index (κ1) is 13.6. The van der Waals surface area contributed by atoms with Gasteiger partial charge in [-0.2, -0.15) is 0 Å². The number of fused-ring (bicyclic) bond motifs is 1. The Balaban J connectivity index is 2.18. The lowest BCUT2D eigenvalue weighted by molar-refractivity contribution is 0.0779. The molecule has 2 rings (SSSR count). The Bertz CT molecular complexity index is 505. The molecule has 5 nitrogen and oxygen atoms in total. The minimum Gasteiger partial charge on any atom is -0.454 e. The standard InChI is InChI=1S/C13H16N2O3S/c1-2-5-15(7-12(14)19)13(16)9-3-4-10-11(6-9)18-8-17-10/h3-4,6H,2,5,7-8H2,1H3,(H2,14,19). The minimum atomic E-state index is -0.104. The maximum Gasteiger partial charge on any atom is 0.254 e. The summed E-state index contributed by atoms with van der Waals surface area (Å²) in [5.74, 6) is 1.15. The maximum absolute atomic E-state index is 12.4. The highest BCUT2D eigenvalue weighted by molar-refractivity contribution is 7.80. The number of hydrogen-bond donors (Lipinski definition) is 1. The molecule has 0 saturated carbocycles. The summed E-state index contributed by atoms with van der Waals surface area (Å²) in [7, 11) is 0. The highest BCUT2D eigenvalue weighted by Crippen LogP contribution is 2.32. The highest BCUT2D eigenvalue weighted by atomic mass is 32.1. The van der Waals surface area contributed by atoms with Crippen molar-refractivity contribution < 1.29 is 14.3 Å². The minimum absolute atomic E-state index is 0.104. The second kappa shape index (κ2) is 5.88. The Labute approximate surface area is 117 Å². The van der Waals surface area contributed by atoms with E-state index < -0.39 is 0 Å². The fourth-order valence-corrected chi connectivity index (χ4v) is 2.08. The molecular formula is C13H16N2O3S. The van der Waals surface area contributed by atoms with Crippen LogP contribution < -0.4 is 15.2 Å². The molecule has 1 aromatic rings. The van der Waals surface area contributed by atoms with Gasteiger partial charge in [-0.3, -0.25) is 4.79 Å². The number of amides is 1. The first-order valence-electron chi connectivity index (χ1n) is 6.09. The zero-order chi connectivity index (χ0) is 13.8. The second-order valence-electron chi connectivity index (χ2n) is 4.26. The SMILES string of the molecule is CCCN(CC(N)=S)C(=O)c1ccc2c(c1)OCO2. The Kier molecular flexibility index (Phi) is 4.21. The lowest BCUT2D eigenvalue weighted by atomic mass is 10.1. The van der Waals surface area contributed by atoms with Gasteiger partial charge < -0.3 is 20.1 Å². The van der Waals surface area contributed by atoms with Crippen LogP contribution in [0.5, 0.6) is 11.5 Å². The van der Waals surface area contributed by atoms with E-state index in [-0.39, 0.29) is 19.2 Å². The van der Waals surface area contributed by atoms with Gasteiger partial charge in [-0.15, -0.1) is 0 Å². The van der Waals surface area contributed by atoms with Crippen LogP contribution >= 0.6 is 12.2 Å². The van der Waals surface area contributed by atoms with Gasteiger partial charge in [0.25, 0.3) is 5.91 Å².